The van der Waals surface area contributed by atoms with E-state index in [9.17, 15) is 5.11 Å². The minimum absolute atomic E-state index is 0.291. The molecule has 0 saturated carbocycles. The van der Waals surface area contributed by atoms with Crippen LogP contribution in [-0.2, 0) is 0 Å². The van der Waals surface area contributed by atoms with Crippen molar-refractivity contribution in [1.82, 2.24) is 5.32 Å². The summed E-state index contributed by atoms with van der Waals surface area (Å²) in [5.74, 6) is 2.05. The largest absolute Gasteiger partial charge is 0.396 e. The summed E-state index contributed by atoms with van der Waals surface area (Å²) in [7, 11) is 0. The Balaban J connectivity index is 2.15. The molecular weight excluding hydrogens is 278 g/mol. The molecule has 0 spiro atoms. The van der Waals surface area contributed by atoms with Gasteiger partial charge >= 0.3 is 0 Å². The van der Waals surface area contributed by atoms with Gasteiger partial charge in [-0.05, 0) is 48.1 Å². The average Bonchev–Trinajstić information content (AvgIpc) is 2.52. The number of aliphatic hydroxyl groups excluding tert-OH is 1. The zero-order chi connectivity index (χ0) is 15.2. The lowest BCUT2D eigenvalue weighted by Crippen LogP contribution is -2.36. The van der Waals surface area contributed by atoms with Gasteiger partial charge in [-0.1, -0.05) is 45.0 Å². The number of hydrogen-bond acceptors (Lipinski definition) is 3. The molecule has 2 nitrogen and oxygen atoms in total. The molecule has 0 saturated heterocycles. The van der Waals surface area contributed by atoms with Crippen LogP contribution in [-0.4, -0.2) is 29.3 Å². The Morgan fingerprint density at radius 2 is 2.05 bits per heavy atom. The van der Waals surface area contributed by atoms with Crippen molar-refractivity contribution in [1.29, 1.82) is 0 Å². The van der Waals surface area contributed by atoms with Gasteiger partial charge in [0.25, 0.3) is 0 Å². The second-order valence-electron chi connectivity index (χ2n) is 6.36. The van der Waals surface area contributed by atoms with Crippen LogP contribution in [0.1, 0.15) is 56.7 Å². The third kappa shape index (κ3) is 4.24. The van der Waals surface area contributed by atoms with Crippen LogP contribution in [0.4, 0.5) is 0 Å². The molecule has 1 aromatic rings. The number of thioether (sulfide) groups is 1. The molecule has 0 aromatic heterocycles. The van der Waals surface area contributed by atoms with Crippen LogP contribution < -0.4 is 5.32 Å². The monoisotopic (exact) mass is 307 g/mol. The highest BCUT2D eigenvalue weighted by Gasteiger charge is 2.32. The summed E-state index contributed by atoms with van der Waals surface area (Å²) in [6, 6.07) is 9.36. The van der Waals surface area contributed by atoms with Crippen LogP contribution in [0.2, 0.25) is 0 Å². The Labute approximate surface area is 133 Å². The number of nitrogens with one attached hydrogen (secondary N) is 1. The van der Waals surface area contributed by atoms with Crippen LogP contribution in [0.5, 0.6) is 0 Å². The van der Waals surface area contributed by atoms with Gasteiger partial charge in [0.05, 0.1) is 0 Å². The van der Waals surface area contributed by atoms with Gasteiger partial charge in [-0.2, -0.15) is 11.8 Å². The zero-order valence-corrected chi connectivity index (χ0v) is 14.3. The van der Waals surface area contributed by atoms with Gasteiger partial charge < -0.3 is 10.4 Å². The van der Waals surface area contributed by atoms with Crippen molar-refractivity contribution in [2.75, 3.05) is 18.9 Å². The molecule has 2 rings (SSSR count). The van der Waals surface area contributed by atoms with E-state index in [2.05, 4.69) is 50.4 Å². The summed E-state index contributed by atoms with van der Waals surface area (Å²) in [5, 5.41) is 13.6. The highest BCUT2D eigenvalue weighted by atomic mass is 32.2. The lowest BCUT2D eigenvalue weighted by molar-refractivity contribution is 0.250. The SMILES string of the molecule is CCCNC1c2ccccc2C(C)CC1SCC(C)CO. The second kappa shape index (κ2) is 8.21. The number of rotatable bonds is 7. The lowest BCUT2D eigenvalue weighted by atomic mass is 9.80. The number of hydrogen-bond donors (Lipinski definition) is 2. The van der Waals surface area contributed by atoms with Crippen molar-refractivity contribution in [2.45, 2.75) is 50.8 Å². The highest BCUT2D eigenvalue weighted by molar-refractivity contribution is 7.99. The number of benzene rings is 1. The number of aliphatic hydroxyl groups is 1. The van der Waals surface area contributed by atoms with E-state index in [4.69, 9.17) is 0 Å². The predicted octanol–water partition coefficient (Wildman–Crippen LogP) is 3.96. The normalized spacial score (nSPS) is 26.4. The minimum Gasteiger partial charge on any atom is -0.396 e. The highest BCUT2D eigenvalue weighted by Crippen LogP contribution is 2.43. The van der Waals surface area contributed by atoms with Gasteiger partial charge in [0.15, 0.2) is 0 Å². The van der Waals surface area contributed by atoms with Gasteiger partial charge in [-0.25, -0.2) is 0 Å². The van der Waals surface area contributed by atoms with E-state index in [1.165, 1.54) is 24.0 Å². The molecule has 1 aliphatic rings. The Kier molecular flexibility index (Phi) is 6.59. The van der Waals surface area contributed by atoms with E-state index < -0.39 is 0 Å². The zero-order valence-electron chi connectivity index (χ0n) is 13.5. The first-order chi connectivity index (χ1) is 10.2. The maximum Gasteiger partial charge on any atom is 0.0464 e. The van der Waals surface area contributed by atoms with E-state index in [0.29, 0.717) is 29.7 Å². The van der Waals surface area contributed by atoms with E-state index in [1.54, 1.807) is 0 Å². The van der Waals surface area contributed by atoms with Crippen molar-refractivity contribution in [3.05, 3.63) is 35.4 Å². The Morgan fingerprint density at radius 1 is 1.33 bits per heavy atom. The molecule has 0 fully saturated rings. The smallest absolute Gasteiger partial charge is 0.0464 e. The summed E-state index contributed by atoms with van der Waals surface area (Å²) in [6.45, 7) is 8.05. The molecule has 0 amide bonds. The fourth-order valence-electron chi connectivity index (χ4n) is 3.10. The van der Waals surface area contributed by atoms with Crippen molar-refractivity contribution < 1.29 is 5.11 Å². The van der Waals surface area contributed by atoms with E-state index >= 15 is 0 Å². The topological polar surface area (TPSA) is 32.3 Å². The Morgan fingerprint density at radius 3 is 2.71 bits per heavy atom. The maximum atomic E-state index is 9.25. The molecule has 0 heterocycles. The summed E-state index contributed by atoms with van der Waals surface area (Å²) in [4.78, 5) is 0. The molecule has 21 heavy (non-hydrogen) atoms. The van der Waals surface area contributed by atoms with E-state index in [-0.39, 0.29) is 0 Å². The molecule has 1 aliphatic carbocycles. The molecule has 0 aliphatic heterocycles. The summed E-state index contributed by atoms with van der Waals surface area (Å²) >= 11 is 2.03. The van der Waals surface area contributed by atoms with Crippen molar-refractivity contribution in [3.63, 3.8) is 0 Å². The van der Waals surface area contributed by atoms with Crippen LogP contribution in [0, 0.1) is 5.92 Å². The minimum atomic E-state index is 0.291. The van der Waals surface area contributed by atoms with E-state index in [1.807, 2.05) is 11.8 Å². The first-order valence-electron chi connectivity index (χ1n) is 8.22. The van der Waals surface area contributed by atoms with Crippen LogP contribution in [0.15, 0.2) is 24.3 Å². The van der Waals surface area contributed by atoms with Crippen LogP contribution in [0.3, 0.4) is 0 Å². The molecule has 118 valence electrons. The van der Waals surface area contributed by atoms with Gasteiger partial charge in [0.2, 0.25) is 0 Å². The van der Waals surface area contributed by atoms with Gasteiger partial charge in [0.1, 0.15) is 0 Å². The molecule has 1 aromatic carbocycles. The third-order valence-corrected chi connectivity index (χ3v) is 5.99. The van der Waals surface area contributed by atoms with Gasteiger partial charge in [-0.3, -0.25) is 0 Å². The first kappa shape index (κ1) is 16.9. The quantitative estimate of drug-likeness (QED) is 0.799. The summed E-state index contributed by atoms with van der Waals surface area (Å²) < 4.78 is 0. The van der Waals surface area contributed by atoms with Gasteiger partial charge in [0, 0.05) is 17.9 Å². The molecule has 4 unspecified atom stereocenters. The molecule has 4 atom stereocenters. The standard InChI is InChI=1S/C18H29NOS/c1-4-9-19-18-16-8-6-5-7-15(16)14(3)10-17(18)21-12-13(2)11-20/h5-8,13-14,17-20H,4,9-12H2,1-3H3. The molecular formula is C18H29NOS. The molecule has 0 bridgehead atoms. The van der Waals surface area contributed by atoms with Crippen molar-refractivity contribution in [2.24, 2.45) is 5.92 Å². The van der Waals surface area contributed by atoms with Gasteiger partial charge in [-0.15, -0.1) is 0 Å². The average molecular weight is 308 g/mol. The molecule has 3 heteroatoms. The molecule has 2 N–H and O–H groups in total. The lowest BCUT2D eigenvalue weighted by Gasteiger charge is -2.37. The van der Waals surface area contributed by atoms with E-state index in [0.717, 1.165) is 12.3 Å². The maximum absolute atomic E-state index is 9.25. The van der Waals surface area contributed by atoms with Crippen LogP contribution in [0.25, 0.3) is 0 Å². The summed E-state index contributed by atoms with van der Waals surface area (Å²) in [5.41, 5.74) is 3.00. The van der Waals surface area contributed by atoms with Crippen molar-refractivity contribution in [3.8, 4) is 0 Å². The Bertz CT molecular complexity index is 437. The third-order valence-electron chi connectivity index (χ3n) is 4.34. The first-order valence-corrected chi connectivity index (χ1v) is 9.26. The van der Waals surface area contributed by atoms with Crippen LogP contribution >= 0.6 is 11.8 Å². The fourth-order valence-corrected chi connectivity index (χ4v) is 4.64. The molecule has 0 radical (unpaired) electrons. The predicted molar refractivity (Wildman–Crippen MR) is 93.0 cm³/mol. The summed E-state index contributed by atoms with van der Waals surface area (Å²) in [6.07, 6.45) is 2.39. The number of fused-ring (bicyclic) bond motifs is 1. The van der Waals surface area contributed by atoms with Crippen molar-refractivity contribution >= 4 is 11.8 Å². The fraction of sp³-hybridized carbons (Fsp3) is 0.667. The second-order valence-corrected chi connectivity index (χ2v) is 7.63. The Hall–Kier alpha value is -0.510.